The molecule has 0 radical (unpaired) electrons. The van der Waals surface area contributed by atoms with Gasteiger partial charge in [0.2, 0.25) is 0 Å². The third-order valence-corrected chi connectivity index (χ3v) is 3.52. The standard InChI is InChI=1S/C11H21N/c1-9-6-7-11(8-9)12-10-4-2-3-5-10/h9-12H,2-8H2,1H3/t9-,11-/m1/s1. The van der Waals surface area contributed by atoms with Gasteiger partial charge in [0.15, 0.2) is 0 Å². The molecule has 0 aromatic carbocycles. The zero-order valence-electron chi connectivity index (χ0n) is 8.18. The molecule has 2 aliphatic rings. The molecule has 1 heteroatoms. The largest absolute Gasteiger partial charge is 0.311 e. The smallest absolute Gasteiger partial charge is 0.00722 e. The molecule has 70 valence electrons. The summed E-state index contributed by atoms with van der Waals surface area (Å²) >= 11 is 0. The second kappa shape index (κ2) is 3.78. The Labute approximate surface area is 75.9 Å². The highest BCUT2D eigenvalue weighted by Gasteiger charge is 2.24. The normalized spacial score (nSPS) is 37.8. The van der Waals surface area contributed by atoms with Gasteiger partial charge in [-0.25, -0.2) is 0 Å². The van der Waals surface area contributed by atoms with Crippen LogP contribution in [0, 0.1) is 5.92 Å². The predicted molar refractivity (Wildman–Crippen MR) is 52.2 cm³/mol. The Morgan fingerprint density at radius 1 is 0.917 bits per heavy atom. The highest BCUT2D eigenvalue weighted by atomic mass is 15.0. The minimum Gasteiger partial charge on any atom is -0.311 e. The SMILES string of the molecule is C[C@@H]1CC[C@@H](NC2CCCC2)C1. The molecule has 2 saturated carbocycles. The van der Waals surface area contributed by atoms with Crippen molar-refractivity contribution >= 4 is 0 Å². The van der Waals surface area contributed by atoms with Crippen LogP contribution in [-0.4, -0.2) is 12.1 Å². The van der Waals surface area contributed by atoms with Gasteiger partial charge in [-0.3, -0.25) is 0 Å². The van der Waals surface area contributed by atoms with Crippen LogP contribution in [0.15, 0.2) is 0 Å². The molecule has 12 heavy (non-hydrogen) atoms. The molecule has 0 aliphatic heterocycles. The number of hydrogen-bond acceptors (Lipinski definition) is 1. The van der Waals surface area contributed by atoms with Gasteiger partial charge in [-0.2, -0.15) is 0 Å². The van der Waals surface area contributed by atoms with Crippen molar-refractivity contribution in [3.63, 3.8) is 0 Å². The first-order valence-electron chi connectivity index (χ1n) is 5.60. The maximum Gasteiger partial charge on any atom is 0.00722 e. The molecule has 2 atom stereocenters. The average Bonchev–Trinajstić information content (AvgIpc) is 2.63. The lowest BCUT2D eigenvalue weighted by atomic mass is 10.1. The summed E-state index contributed by atoms with van der Waals surface area (Å²) in [4.78, 5) is 0. The van der Waals surface area contributed by atoms with Gasteiger partial charge in [0.25, 0.3) is 0 Å². The van der Waals surface area contributed by atoms with E-state index >= 15 is 0 Å². The van der Waals surface area contributed by atoms with E-state index in [0.29, 0.717) is 0 Å². The van der Waals surface area contributed by atoms with Crippen LogP contribution in [0.5, 0.6) is 0 Å². The van der Waals surface area contributed by atoms with Crippen LogP contribution in [0.3, 0.4) is 0 Å². The molecule has 2 fully saturated rings. The van der Waals surface area contributed by atoms with Crippen molar-refractivity contribution in [3.8, 4) is 0 Å². The van der Waals surface area contributed by atoms with Gasteiger partial charge < -0.3 is 5.32 Å². The lowest BCUT2D eigenvalue weighted by molar-refractivity contribution is 0.426. The zero-order chi connectivity index (χ0) is 8.39. The van der Waals surface area contributed by atoms with Crippen LogP contribution >= 0.6 is 0 Å². The lowest BCUT2D eigenvalue weighted by Gasteiger charge is -2.18. The molecule has 0 bridgehead atoms. The minimum absolute atomic E-state index is 0.864. The van der Waals surface area contributed by atoms with Crippen molar-refractivity contribution in [1.29, 1.82) is 0 Å². The van der Waals surface area contributed by atoms with Crippen molar-refractivity contribution in [2.75, 3.05) is 0 Å². The molecule has 1 N–H and O–H groups in total. The van der Waals surface area contributed by atoms with E-state index in [4.69, 9.17) is 0 Å². The van der Waals surface area contributed by atoms with Crippen molar-refractivity contribution in [2.45, 2.75) is 64.0 Å². The number of rotatable bonds is 2. The fourth-order valence-electron chi connectivity index (χ4n) is 2.78. The van der Waals surface area contributed by atoms with Crippen LogP contribution in [0.4, 0.5) is 0 Å². The predicted octanol–water partition coefficient (Wildman–Crippen LogP) is 2.71. The summed E-state index contributed by atoms with van der Waals surface area (Å²) in [6, 6.07) is 1.74. The van der Waals surface area contributed by atoms with Gasteiger partial charge in [-0.05, 0) is 38.0 Å². The van der Waals surface area contributed by atoms with E-state index in [-0.39, 0.29) is 0 Å². The molecule has 0 spiro atoms. The van der Waals surface area contributed by atoms with Gasteiger partial charge >= 0.3 is 0 Å². The van der Waals surface area contributed by atoms with Crippen molar-refractivity contribution in [1.82, 2.24) is 5.32 Å². The summed E-state index contributed by atoms with van der Waals surface area (Å²) in [5.41, 5.74) is 0. The molecule has 2 aliphatic carbocycles. The first-order chi connectivity index (χ1) is 5.84. The van der Waals surface area contributed by atoms with E-state index in [1.165, 1.54) is 44.9 Å². The second-order valence-electron chi connectivity index (χ2n) is 4.76. The Bertz CT molecular complexity index is 138. The summed E-state index contributed by atoms with van der Waals surface area (Å²) in [7, 11) is 0. The Kier molecular flexibility index (Phi) is 2.69. The molecule has 0 unspecified atom stereocenters. The van der Waals surface area contributed by atoms with Crippen LogP contribution < -0.4 is 5.32 Å². The molecule has 0 heterocycles. The summed E-state index contributed by atoms with van der Waals surface area (Å²) in [5.74, 6) is 0.976. The summed E-state index contributed by atoms with van der Waals surface area (Å²) < 4.78 is 0. The van der Waals surface area contributed by atoms with Crippen LogP contribution in [0.2, 0.25) is 0 Å². The molecule has 1 nitrogen and oxygen atoms in total. The van der Waals surface area contributed by atoms with Gasteiger partial charge in [0, 0.05) is 12.1 Å². The summed E-state index contributed by atoms with van der Waals surface area (Å²) in [6.07, 6.45) is 10.1. The highest BCUT2D eigenvalue weighted by Crippen LogP contribution is 2.27. The first-order valence-corrected chi connectivity index (χ1v) is 5.60. The van der Waals surface area contributed by atoms with E-state index in [2.05, 4.69) is 12.2 Å². The van der Waals surface area contributed by atoms with E-state index in [1.54, 1.807) is 0 Å². The molecule has 0 amide bonds. The molecule has 0 saturated heterocycles. The van der Waals surface area contributed by atoms with E-state index in [1.807, 2.05) is 0 Å². The molecular formula is C11H21N. The van der Waals surface area contributed by atoms with E-state index in [0.717, 1.165) is 18.0 Å². The fourth-order valence-corrected chi connectivity index (χ4v) is 2.78. The second-order valence-corrected chi connectivity index (χ2v) is 4.76. The van der Waals surface area contributed by atoms with Gasteiger partial charge in [0.1, 0.15) is 0 Å². The lowest BCUT2D eigenvalue weighted by Crippen LogP contribution is -2.34. The Morgan fingerprint density at radius 3 is 2.25 bits per heavy atom. The maximum absolute atomic E-state index is 3.81. The first kappa shape index (κ1) is 8.55. The average molecular weight is 167 g/mol. The molecule has 2 rings (SSSR count). The quantitative estimate of drug-likeness (QED) is 0.667. The van der Waals surface area contributed by atoms with Gasteiger partial charge in [0.05, 0.1) is 0 Å². The van der Waals surface area contributed by atoms with Gasteiger partial charge in [-0.1, -0.05) is 19.8 Å². The molecule has 0 aromatic rings. The Morgan fingerprint density at radius 2 is 1.67 bits per heavy atom. The number of nitrogens with one attached hydrogen (secondary N) is 1. The van der Waals surface area contributed by atoms with Crippen LogP contribution in [0.25, 0.3) is 0 Å². The van der Waals surface area contributed by atoms with E-state index < -0.39 is 0 Å². The van der Waals surface area contributed by atoms with Crippen LogP contribution in [0.1, 0.15) is 51.9 Å². The Hall–Kier alpha value is -0.0400. The zero-order valence-corrected chi connectivity index (χ0v) is 8.18. The molecular weight excluding hydrogens is 146 g/mol. The molecule has 0 aromatic heterocycles. The topological polar surface area (TPSA) is 12.0 Å². The summed E-state index contributed by atoms with van der Waals surface area (Å²) in [5, 5.41) is 3.81. The van der Waals surface area contributed by atoms with Crippen molar-refractivity contribution in [3.05, 3.63) is 0 Å². The third kappa shape index (κ3) is 2.01. The monoisotopic (exact) mass is 167 g/mol. The minimum atomic E-state index is 0.864. The summed E-state index contributed by atoms with van der Waals surface area (Å²) in [6.45, 7) is 2.39. The number of hydrogen-bond donors (Lipinski definition) is 1. The van der Waals surface area contributed by atoms with Crippen LogP contribution in [-0.2, 0) is 0 Å². The Balaban J connectivity index is 1.72. The van der Waals surface area contributed by atoms with E-state index in [9.17, 15) is 0 Å². The van der Waals surface area contributed by atoms with Crippen molar-refractivity contribution < 1.29 is 0 Å². The van der Waals surface area contributed by atoms with Crippen molar-refractivity contribution in [2.24, 2.45) is 5.92 Å². The fraction of sp³-hybridized carbons (Fsp3) is 1.00. The third-order valence-electron chi connectivity index (χ3n) is 3.52. The highest BCUT2D eigenvalue weighted by molar-refractivity contribution is 4.83. The maximum atomic E-state index is 3.81. The van der Waals surface area contributed by atoms with Gasteiger partial charge in [-0.15, -0.1) is 0 Å².